The number of amides is 1. The number of fused-ring (bicyclic) bond motifs is 1. The summed E-state index contributed by atoms with van der Waals surface area (Å²) in [5.74, 6) is 0.227. The first-order valence-corrected chi connectivity index (χ1v) is 12.5. The summed E-state index contributed by atoms with van der Waals surface area (Å²) in [6.07, 6.45) is 4.62. The van der Waals surface area contributed by atoms with Crippen LogP contribution in [0.3, 0.4) is 0 Å². The Morgan fingerprint density at radius 2 is 1.92 bits per heavy atom. The predicted octanol–water partition coefficient (Wildman–Crippen LogP) is 3.75. The fourth-order valence-electron chi connectivity index (χ4n) is 4.72. The van der Waals surface area contributed by atoms with Gasteiger partial charge in [0.25, 0.3) is 0 Å². The second-order valence-electron chi connectivity index (χ2n) is 9.97. The lowest BCUT2D eigenvalue weighted by molar-refractivity contribution is -0.135. The number of aromatic nitrogens is 3. The lowest BCUT2D eigenvalue weighted by Crippen LogP contribution is -2.42. The summed E-state index contributed by atoms with van der Waals surface area (Å²) < 4.78 is 6.14. The van der Waals surface area contributed by atoms with Gasteiger partial charge in [-0.3, -0.25) is 14.8 Å². The van der Waals surface area contributed by atoms with Crippen molar-refractivity contribution in [1.29, 1.82) is 5.26 Å². The Labute approximate surface area is 220 Å². The summed E-state index contributed by atoms with van der Waals surface area (Å²) in [6, 6.07) is 15.4. The highest BCUT2D eigenvalue weighted by atomic mass is 16.5. The summed E-state index contributed by atoms with van der Waals surface area (Å²) in [5.41, 5.74) is 4.19. The van der Waals surface area contributed by atoms with Crippen LogP contribution < -0.4 is 4.74 Å². The number of aliphatic hydroxyl groups is 2. The van der Waals surface area contributed by atoms with E-state index in [1.54, 1.807) is 43.3 Å². The molecule has 0 radical (unpaired) electrons. The number of hydrogen-bond donors (Lipinski definition) is 3. The number of aliphatic hydroxyl groups excluding tert-OH is 1. The van der Waals surface area contributed by atoms with Crippen LogP contribution in [0.5, 0.6) is 5.75 Å². The third-order valence-electron chi connectivity index (χ3n) is 6.85. The number of carbonyl (C=O) groups is 1. The van der Waals surface area contributed by atoms with Gasteiger partial charge in [0.05, 0.1) is 17.0 Å². The third-order valence-corrected chi connectivity index (χ3v) is 6.85. The van der Waals surface area contributed by atoms with Gasteiger partial charge in [0.2, 0.25) is 5.91 Å². The molecule has 0 aliphatic carbocycles. The molecule has 1 aliphatic heterocycles. The van der Waals surface area contributed by atoms with Gasteiger partial charge in [0, 0.05) is 66.0 Å². The zero-order valence-corrected chi connectivity index (χ0v) is 21.3. The molecule has 0 unspecified atom stereocenters. The number of nitrogens with one attached hydrogen (secondary N) is 1. The largest absolute Gasteiger partial charge is 0.489 e. The Bertz CT molecular complexity index is 1510. The fourth-order valence-corrected chi connectivity index (χ4v) is 4.72. The van der Waals surface area contributed by atoms with Gasteiger partial charge in [-0.05, 0) is 56.3 Å². The zero-order valence-electron chi connectivity index (χ0n) is 21.3. The van der Waals surface area contributed by atoms with Gasteiger partial charge >= 0.3 is 0 Å². The highest BCUT2D eigenvalue weighted by Crippen LogP contribution is 2.34. The number of hydrogen-bond acceptors (Lipinski definition) is 7. The monoisotopic (exact) mass is 511 g/mol. The fraction of sp³-hybridized carbons (Fsp3) is 0.310. The maximum atomic E-state index is 11.7. The summed E-state index contributed by atoms with van der Waals surface area (Å²) in [5, 5.41) is 30.0. The molecule has 4 aromatic rings. The van der Waals surface area contributed by atoms with Crippen LogP contribution in [0.4, 0.5) is 0 Å². The molecule has 0 atom stereocenters. The van der Waals surface area contributed by atoms with Crippen molar-refractivity contribution in [2.45, 2.75) is 38.4 Å². The minimum absolute atomic E-state index is 0.110. The number of H-pyrrole nitrogens is 1. The van der Waals surface area contributed by atoms with Crippen molar-refractivity contribution in [3.8, 4) is 34.3 Å². The van der Waals surface area contributed by atoms with E-state index in [-0.39, 0.29) is 12.0 Å². The molecule has 0 bridgehead atoms. The molecule has 4 heterocycles. The van der Waals surface area contributed by atoms with E-state index in [0.29, 0.717) is 42.9 Å². The summed E-state index contributed by atoms with van der Waals surface area (Å²) >= 11 is 0. The van der Waals surface area contributed by atoms with E-state index in [0.717, 1.165) is 33.4 Å². The van der Waals surface area contributed by atoms with Crippen LogP contribution in [0.15, 0.2) is 54.9 Å². The molecule has 194 valence electrons. The minimum atomic E-state index is -1.01. The second kappa shape index (κ2) is 10.2. The molecule has 1 aromatic carbocycles. The Morgan fingerprint density at radius 1 is 1.16 bits per heavy atom. The number of benzene rings is 1. The molecule has 1 aliphatic rings. The molecule has 9 nitrogen and oxygen atoms in total. The van der Waals surface area contributed by atoms with Crippen molar-refractivity contribution in [3.63, 3.8) is 0 Å². The molecular weight excluding hydrogens is 482 g/mol. The molecule has 3 N–H and O–H groups in total. The van der Waals surface area contributed by atoms with E-state index in [1.807, 2.05) is 30.3 Å². The van der Waals surface area contributed by atoms with Crippen LogP contribution >= 0.6 is 0 Å². The quantitative estimate of drug-likeness (QED) is 0.359. The van der Waals surface area contributed by atoms with Gasteiger partial charge in [0.1, 0.15) is 30.1 Å². The van der Waals surface area contributed by atoms with Gasteiger partial charge in [-0.1, -0.05) is 0 Å². The Hall–Kier alpha value is -4.26. The van der Waals surface area contributed by atoms with E-state index in [2.05, 4.69) is 21.0 Å². The lowest BCUT2D eigenvalue weighted by atomic mass is 10.0. The number of aromatic amines is 1. The number of ether oxygens (including phenoxy) is 1. The van der Waals surface area contributed by atoms with Crippen LogP contribution in [0.2, 0.25) is 0 Å². The van der Waals surface area contributed by atoms with Gasteiger partial charge in [-0.15, -0.1) is 0 Å². The van der Waals surface area contributed by atoms with Gasteiger partial charge in [0.15, 0.2) is 0 Å². The van der Waals surface area contributed by atoms with E-state index >= 15 is 0 Å². The number of rotatable bonds is 6. The van der Waals surface area contributed by atoms with Crippen molar-refractivity contribution in [2.75, 3.05) is 19.7 Å². The smallest absolute Gasteiger partial charge is 0.248 e. The van der Waals surface area contributed by atoms with Crippen molar-refractivity contribution in [2.24, 2.45) is 0 Å². The molecule has 9 heteroatoms. The molecule has 5 rings (SSSR count). The molecule has 1 amide bonds. The second-order valence-corrected chi connectivity index (χ2v) is 9.97. The van der Waals surface area contributed by atoms with Gasteiger partial charge in [-0.2, -0.15) is 5.26 Å². The first kappa shape index (κ1) is 25.4. The number of pyridine rings is 2. The minimum Gasteiger partial charge on any atom is -0.489 e. The number of piperidine rings is 1. The molecule has 3 aromatic heterocycles. The Balaban J connectivity index is 1.39. The molecule has 1 saturated heterocycles. The molecule has 1 fully saturated rings. The SMILES string of the molecule is CC(C)(O)c1ccc(-c2cc3c(-c4ccc(OC5CCN(C(=O)CO)CC5)c(C#N)c4)nccc3[nH]2)cn1. The number of nitriles is 1. The van der Waals surface area contributed by atoms with Crippen LogP contribution in [0, 0.1) is 11.3 Å². The van der Waals surface area contributed by atoms with Crippen LogP contribution in [0.25, 0.3) is 33.4 Å². The average molecular weight is 512 g/mol. The number of nitrogens with zero attached hydrogens (tertiary/aromatic N) is 4. The lowest BCUT2D eigenvalue weighted by Gasteiger charge is -2.32. The van der Waals surface area contributed by atoms with E-state index in [4.69, 9.17) is 9.84 Å². The van der Waals surface area contributed by atoms with E-state index < -0.39 is 12.2 Å². The number of likely N-dealkylation sites (tertiary alicyclic amines) is 1. The summed E-state index contributed by atoms with van der Waals surface area (Å²) in [4.78, 5) is 25.8. The van der Waals surface area contributed by atoms with Crippen molar-refractivity contribution in [3.05, 3.63) is 66.1 Å². The van der Waals surface area contributed by atoms with Crippen LogP contribution in [-0.4, -0.2) is 61.8 Å². The van der Waals surface area contributed by atoms with Gasteiger partial charge in [-0.25, -0.2) is 0 Å². The van der Waals surface area contributed by atoms with E-state index in [1.165, 1.54) is 0 Å². The van der Waals surface area contributed by atoms with Gasteiger partial charge < -0.3 is 24.8 Å². The first-order chi connectivity index (χ1) is 18.3. The Kier molecular flexibility index (Phi) is 6.85. The maximum absolute atomic E-state index is 11.7. The molecule has 0 spiro atoms. The first-order valence-electron chi connectivity index (χ1n) is 12.5. The Morgan fingerprint density at radius 3 is 2.58 bits per heavy atom. The number of carbonyl (C=O) groups excluding carboxylic acids is 1. The van der Waals surface area contributed by atoms with E-state index in [9.17, 15) is 15.2 Å². The highest BCUT2D eigenvalue weighted by Gasteiger charge is 2.24. The third kappa shape index (κ3) is 5.09. The normalized spacial score (nSPS) is 14.4. The standard InChI is InChI=1S/C29H29N5O4/c1-29(2,37)26-6-4-19(16-32-26)24-14-22-23(33-24)7-10-31-28(22)18-3-5-25(20(13-18)15-30)38-21-8-11-34(12-9-21)27(36)17-35/h3-7,10,13-14,16,21,33,35,37H,8-9,11-12,17H2,1-2H3. The zero-order chi connectivity index (χ0) is 26.9. The summed E-state index contributed by atoms with van der Waals surface area (Å²) in [7, 11) is 0. The molecule has 38 heavy (non-hydrogen) atoms. The molecule has 0 saturated carbocycles. The van der Waals surface area contributed by atoms with Crippen LogP contribution in [-0.2, 0) is 10.4 Å². The topological polar surface area (TPSA) is 135 Å². The summed E-state index contributed by atoms with van der Waals surface area (Å²) in [6.45, 7) is 3.95. The van der Waals surface area contributed by atoms with Crippen molar-refractivity contribution < 1.29 is 19.7 Å². The molecular formula is C29H29N5O4. The van der Waals surface area contributed by atoms with Crippen molar-refractivity contribution >= 4 is 16.8 Å². The predicted molar refractivity (Wildman–Crippen MR) is 142 cm³/mol. The average Bonchev–Trinajstić information content (AvgIpc) is 3.37. The highest BCUT2D eigenvalue weighted by molar-refractivity contribution is 5.96. The van der Waals surface area contributed by atoms with Crippen molar-refractivity contribution in [1.82, 2.24) is 19.9 Å². The maximum Gasteiger partial charge on any atom is 0.248 e. The van der Waals surface area contributed by atoms with Crippen LogP contribution in [0.1, 0.15) is 37.9 Å².